The summed E-state index contributed by atoms with van der Waals surface area (Å²) in [6.45, 7) is 8.31. The third-order valence-corrected chi connectivity index (χ3v) is 2.60. The van der Waals surface area contributed by atoms with Gasteiger partial charge in [-0.1, -0.05) is 33.8 Å². The molecule has 0 aromatic carbocycles. The zero-order chi connectivity index (χ0) is 9.61. The third-order valence-electron chi connectivity index (χ3n) is 2.60. The highest BCUT2D eigenvalue weighted by Gasteiger charge is 2.25. The van der Waals surface area contributed by atoms with Crippen molar-refractivity contribution in [2.24, 2.45) is 0 Å². The molecule has 12 heavy (non-hydrogen) atoms. The van der Waals surface area contributed by atoms with Crippen LogP contribution in [0.5, 0.6) is 0 Å². The van der Waals surface area contributed by atoms with Crippen LogP contribution >= 0.6 is 0 Å². The highest BCUT2D eigenvalue weighted by Crippen LogP contribution is 2.27. The Morgan fingerprint density at radius 2 is 1.67 bits per heavy atom. The van der Waals surface area contributed by atoms with E-state index in [0.717, 1.165) is 25.7 Å². The SMILES string of the molecule is CCC=C(CC)C(O)(CC)CC. The lowest BCUT2D eigenvalue weighted by atomic mass is 9.86. The van der Waals surface area contributed by atoms with E-state index in [2.05, 4.69) is 19.9 Å². The lowest BCUT2D eigenvalue weighted by Gasteiger charge is -2.28. The Morgan fingerprint density at radius 3 is 1.92 bits per heavy atom. The molecule has 0 aromatic rings. The van der Waals surface area contributed by atoms with E-state index in [4.69, 9.17) is 0 Å². The molecule has 0 aromatic heterocycles. The maximum atomic E-state index is 10.2. The number of rotatable bonds is 5. The Balaban J connectivity index is 4.55. The quantitative estimate of drug-likeness (QED) is 0.628. The van der Waals surface area contributed by atoms with Crippen LogP contribution in [0.25, 0.3) is 0 Å². The van der Waals surface area contributed by atoms with Crippen molar-refractivity contribution in [3.8, 4) is 0 Å². The molecule has 0 atom stereocenters. The first-order valence-corrected chi connectivity index (χ1v) is 5.06. The predicted octanol–water partition coefficient (Wildman–Crippen LogP) is 3.28. The van der Waals surface area contributed by atoms with Crippen molar-refractivity contribution in [2.45, 2.75) is 59.0 Å². The molecule has 1 nitrogen and oxygen atoms in total. The zero-order valence-electron chi connectivity index (χ0n) is 8.85. The average molecular weight is 170 g/mol. The minimum atomic E-state index is -0.537. The van der Waals surface area contributed by atoms with Crippen molar-refractivity contribution in [2.75, 3.05) is 0 Å². The molecule has 0 bridgehead atoms. The van der Waals surface area contributed by atoms with E-state index in [1.54, 1.807) is 0 Å². The predicted molar refractivity (Wildman–Crippen MR) is 54.2 cm³/mol. The zero-order valence-corrected chi connectivity index (χ0v) is 8.85. The van der Waals surface area contributed by atoms with Gasteiger partial charge in [0.2, 0.25) is 0 Å². The Hall–Kier alpha value is -0.300. The van der Waals surface area contributed by atoms with Crippen molar-refractivity contribution in [1.82, 2.24) is 0 Å². The molecule has 72 valence electrons. The van der Waals surface area contributed by atoms with Gasteiger partial charge in [-0.05, 0) is 31.3 Å². The van der Waals surface area contributed by atoms with Gasteiger partial charge in [0.05, 0.1) is 5.60 Å². The fourth-order valence-electron chi connectivity index (χ4n) is 1.61. The van der Waals surface area contributed by atoms with Crippen LogP contribution in [0, 0.1) is 0 Å². The van der Waals surface area contributed by atoms with Crippen molar-refractivity contribution >= 4 is 0 Å². The van der Waals surface area contributed by atoms with E-state index in [1.807, 2.05) is 13.8 Å². The molecule has 1 N–H and O–H groups in total. The van der Waals surface area contributed by atoms with E-state index in [0.29, 0.717) is 0 Å². The number of allylic oxidation sites excluding steroid dienone is 1. The Kier molecular flexibility index (Phi) is 5.23. The molecular weight excluding hydrogens is 148 g/mol. The maximum absolute atomic E-state index is 10.2. The van der Waals surface area contributed by atoms with Gasteiger partial charge < -0.3 is 5.11 Å². The lowest BCUT2D eigenvalue weighted by molar-refractivity contribution is 0.0669. The van der Waals surface area contributed by atoms with Crippen LogP contribution in [-0.4, -0.2) is 10.7 Å². The summed E-state index contributed by atoms with van der Waals surface area (Å²) in [4.78, 5) is 0. The van der Waals surface area contributed by atoms with Gasteiger partial charge in [0.1, 0.15) is 0 Å². The minimum Gasteiger partial charge on any atom is -0.386 e. The summed E-state index contributed by atoms with van der Waals surface area (Å²) in [5, 5.41) is 10.2. The van der Waals surface area contributed by atoms with Crippen LogP contribution in [0.4, 0.5) is 0 Å². The van der Waals surface area contributed by atoms with E-state index in [1.165, 1.54) is 5.57 Å². The van der Waals surface area contributed by atoms with Gasteiger partial charge in [-0.2, -0.15) is 0 Å². The summed E-state index contributed by atoms with van der Waals surface area (Å²) in [6, 6.07) is 0. The molecule has 0 saturated heterocycles. The summed E-state index contributed by atoms with van der Waals surface area (Å²) in [5.41, 5.74) is 0.667. The summed E-state index contributed by atoms with van der Waals surface area (Å²) < 4.78 is 0. The fraction of sp³-hybridized carbons (Fsp3) is 0.818. The standard InChI is InChI=1S/C11H22O/c1-5-9-10(6-2)11(12,7-3)8-4/h9,12H,5-8H2,1-4H3. The van der Waals surface area contributed by atoms with Crippen LogP contribution in [0.3, 0.4) is 0 Å². The second-order valence-electron chi connectivity index (χ2n) is 3.23. The summed E-state index contributed by atoms with van der Waals surface area (Å²) in [6.07, 6.45) is 5.79. The van der Waals surface area contributed by atoms with Gasteiger partial charge in [0.15, 0.2) is 0 Å². The van der Waals surface area contributed by atoms with Crippen molar-refractivity contribution < 1.29 is 5.11 Å². The largest absolute Gasteiger partial charge is 0.386 e. The lowest BCUT2D eigenvalue weighted by Crippen LogP contribution is -2.29. The second-order valence-corrected chi connectivity index (χ2v) is 3.23. The van der Waals surface area contributed by atoms with E-state index < -0.39 is 5.60 Å². The van der Waals surface area contributed by atoms with Gasteiger partial charge in [-0.15, -0.1) is 0 Å². The molecule has 0 fully saturated rings. The van der Waals surface area contributed by atoms with Crippen LogP contribution in [0.15, 0.2) is 11.6 Å². The Labute approximate surface area is 76.5 Å². The first-order valence-electron chi connectivity index (χ1n) is 5.06. The van der Waals surface area contributed by atoms with Crippen LogP contribution in [0.2, 0.25) is 0 Å². The summed E-state index contributed by atoms with van der Waals surface area (Å²) in [5.74, 6) is 0. The second kappa shape index (κ2) is 5.36. The van der Waals surface area contributed by atoms with Gasteiger partial charge >= 0.3 is 0 Å². The minimum absolute atomic E-state index is 0.537. The molecular formula is C11H22O. The third kappa shape index (κ3) is 2.63. The van der Waals surface area contributed by atoms with Crippen molar-refractivity contribution in [3.63, 3.8) is 0 Å². The number of hydrogen-bond acceptors (Lipinski definition) is 1. The van der Waals surface area contributed by atoms with Gasteiger partial charge in [-0.25, -0.2) is 0 Å². The Bertz CT molecular complexity index is 143. The molecule has 1 heteroatoms. The average Bonchev–Trinajstić information content (AvgIpc) is 2.13. The molecule has 0 saturated carbocycles. The molecule has 0 amide bonds. The highest BCUT2D eigenvalue weighted by atomic mass is 16.3. The summed E-state index contributed by atoms with van der Waals surface area (Å²) in [7, 11) is 0. The fourth-order valence-corrected chi connectivity index (χ4v) is 1.61. The van der Waals surface area contributed by atoms with Crippen LogP contribution < -0.4 is 0 Å². The molecule has 0 aliphatic heterocycles. The molecule has 0 spiro atoms. The molecule has 0 heterocycles. The van der Waals surface area contributed by atoms with Crippen LogP contribution in [-0.2, 0) is 0 Å². The smallest absolute Gasteiger partial charge is 0.0851 e. The Morgan fingerprint density at radius 1 is 1.17 bits per heavy atom. The summed E-state index contributed by atoms with van der Waals surface area (Å²) >= 11 is 0. The van der Waals surface area contributed by atoms with Gasteiger partial charge in [0.25, 0.3) is 0 Å². The maximum Gasteiger partial charge on any atom is 0.0851 e. The molecule has 0 unspecified atom stereocenters. The first-order chi connectivity index (χ1) is 5.64. The van der Waals surface area contributed by atoms with E-state index in [-0.39, 0.29) is 0 Å². The number of aliphatic hydroxyl groups is 1. The normalized spacial score (nSPS) is 13.6. The molecule has 0 aliphatic rings. The molecule has 0 radical (unpaired) electrons. The van der Waals surface area contributed by atoms with Crippen molar-refractivity contribution in [1.29, 1.82) is 0 Å². The van der Waals surface area contributed by atoms with Gasteiger partial charge in [0, 0.05) is 0 Å². The molecule has 0 rings (SSSR count). The monoisotopic (exact) mass is 170 g/mol. The van der Waals surface area contributed by atoms with E-state index in [9.17, 15) is 5.11 Å². The number of hydrogen-bond donors (Lipinski definition) is 1. The highest BCUT2D eigenvalue weighted by molar-refractivity contribution is 5.15. The van der Waals surface area contributed by atoms with Crippen LogP contribution in [0.1, 0.15) is 53.4 Å². The van der Waals surface area contributed by atoms with E-state index >= 15 is 0 Å². The van der Waals surface area contributed by atoms with Gasteiger partial charge in [-0.3, -0.25) is 0 Å². The van der Waals surface area contributed by atoms with Crippen molar-refractivity contribution in [3.05, 3.63) is 11.6 Å². The topological polar surface area (TPSA) is 20.2 Å². The molecule has 0 aliphatic carbocycles. The first kappa shape index (κ1) is 11.7.